The number of hydrogen-bond acceptors (Lipinski definition) is 5. The minimum atomic E-state index is -0.305. The number of rotatable bonds is 2. The number of hydrogen-bond donors (Lipinski definition) is 1. The average Bonchev–Trinajstić information content (AvgIpc) is 2.62. The topological polar surface area (TPSA) is 52.5 Å². The Bertz CT molecular complexity index is 928. The molecule has 128 valence electrons. The van der Waals surface area contributed by atoms with E-state index >= 15 is 0 Å². The Hall–Kier alpha value is -2.00. The number of fused-ring (bicyclic) bond motifs is 1. The Morgan fingerprint density at radius 3 is 2.52 bits per heavy atom. The maximum absolute atomic E-state index is 13.8. The minimum Gasteiger partial charge on any atom is -0.507 e. The summed E-state index contributed by atoms with van der Waals surface area (Å²) in [6.45, 7) is 3.44. The van der Waals surface area contributed by atoms with Crippen molar-refractivity contribution in [3.05, 3.63) is 48.3 Å². The Labute approximate surface area is 158 Å². The van der Waals surface area contributed by atoms with Gasteiger partial charge in [-0.05, 0) is 30.3 Å². The Morgan fingerprint density at radius 2 is 1.76 bits per heavy atom. The zero-order chi connectivity index (χ0) is 17.4. The van der Waals surface area contributed by atoms with E-state index < -0.39 is 0 Å². The molecule has 1 fully saturated rings. The molecule has 0 radical (unpaired) electrons. The second-order valence-electron chi connectivity index (χ2n) is 5.95. The molecule has 4 rings (SSSR count). The molecule has 0 saturated carbocycles. The van der Waals surface area contributed by atoms with Crippen LogP contribution in [-0.4, -0.2) is 44.4 Å². The van der Waals surface area contributed by atoms with Gasteiger partial charge >= 0.3 is 0 Å². The van der Waals surface area contributed by atoms with Crippen LogP contribution >= 0.6 is 22.9 Å². The van der Waals surface area contributed by atoms with Crippen LogP contribution in [0.1, 0.15) is 0 Å². The molecule has 0 aliphatic carbocycles. The molecule has 5 nitrogen and oxygen atoms in total. The third-order valence-corrected chi connectivity index (χ3v) is 5.27. The van der Waals surface area contributed by atoms with Crippen LogP contribution in [0.5, 0.6) is 5.75 Å². The summed E-state index contributed by atoms with van der Waals surface area (Å²) in [6, 6.07) is 11.5. The number of aromatic hydroxyl groups is 1. The number of anilines is 1. The monoisotopic (exact) mass is 450 g/mol. The molecule has 25 heavy (non-hydrogen) atoms. The van der Waals surface area contributed by atoms with Gasteiger partial charge in [0.15, 0.2) is 5.82 Å². The third kappa shape index (κ3) is 3.25. The summed E-state index contributed by atoms with van der Waals surface area (Å²) in [7, 11) is 0. The summed E-state index contributed by atoms with van der Waals surface area (Å²) in [4.78, 5) is 11.4. The highest BCUT2D eigenvalue weighted by molar-refractivity contribution is 14.1. The Morgan fingerprint density at radius 1 is 1.00 bits per heavy atom. The molecule has 2 aromatic carbocycles. The molecule has 2 heterocycles. The predicted octanol–water partition coefficient (Wildman–Crippen LogP) is 3.61. The second kappa shape index (κ2) is 6.72. The van der Waals surface area contributed by atoms with Crippen molar-refractivity contribution in [1.29, 1.82) is 0 Å². The molecule has 7 heteroatoms. The Kier molecular flexibility index (Phi) is 4.43. The van der Waals surface area contributed by atoms with Crippen LogP contribution < -0.4 is 4.90 Å². The van der Waals surface area contributed by atoms with Crippen LogP contribution in [0.25, 0.3) is 22.3 Å². The highest BCUT2D eigenvalue weighted by Crippen LogP contribution is 2.32. The first-order valence-electron chi connectivity index (χ1n) is 8.03. The van der Waals surface area contributed by atoms with Crippen LogP contribution in [0, 0.1) is 5.82 Å². The summed E-state index contributed by atoms with van der Waals surface area (Å²) in [5.74, 6) is 0.989. The number of para-hydroxylation sites is 1. The van der Waals surface area contributed by atoms with E-state index in [1.165, 1.54) is 12.1 Å². The van der Waals surface area contributed by atoms with E-state index in [1.807, 2.05) is 6.07 Å². The van der Waals surface area contributed by atoms with Crippen LogP contribution in [0.4, 0.5) is 10.2 Å². The predicted molar refractivity (Wildman–Crippen MR) is 104 cm³/mol. The van der Waals surface area contributed by atoms with E-state index in [9.17, 15) is 9.50 Å². The van der Waals surface area contributed by atoms with Crippen molar-refractivity contribution in [3.63, 3.8) is 0 Å². The van der Waals surface area contributed by atoms with Crippen molar-refractivity contribution in [3.8, 4) is 17.1 Å². The van der Waals surface area contributed by atoms with E-state index in [-0.39, 0.29) is 11.6 Å². The molecule has 1 aliphatic heterocycles. The fourth-order valence-corrected chi connectivity index (χ4v) is 3.43. The second-order valence-corrected chi connectivity index (χ2v) is 7.31. The van der Waals surface area contributed by atoms with Crippen LogP contribution in [0.2, 0.25) is 0 Å². The highest BCUT2D eigenvalue weighted by atomic mass is 127. The van der Waals surface area contributed by atoms with Crippen molar-refractivity contribution in [2.75, 3.05) is 31.1 Å². The van der Waals surface area contributed by atoms with Crippen molar-refractivity contribution in [1.82, 2.24) is 13.1 Å². The van der Waals surface area contributed by atoms with E-state index in [2.05, 4.69) is 40.8 Å². The van der Waals surface area contributed by atoms with Crippen LogP contribution in [-0.2, 0) is 0 Å². The lowest BCUT2D eigenvalue weighted by atomic mass is 10.1. The molecule has 1 saturated heterocycles. The zero-order valence-corrected chi connectivity index (χ0v) is 15.5. The van der Waals surface area contributed by atoms with Gasteiger partial charge in [-0.1, -0.05) is 12.1 Å². The molecule has 0 atom stereocenters. The van der Waals surface area contributed by atoms with Crippen molar-refractivity contribution < 1.29 is 9.50 Å². The Balaban J connectivity index is 1.89. The van der Waals surface area contributed by atoms with E-state index in [1.54, 1.807) is 24.3 Å². The molecule has 1 aliphatic rings. The molecule has 1 aromatic heterocycles. The summed E-state index contributed by atoms with van der Waals surface area (Å²) in [5.41, 5.74) is 1.24. The molecule has 0 spiro atoms. The smallest absolute Gasteiger partial charge is 0.165 e. The van der Waals surface area contributed by atoms with Crippen LogP contribution in [0.15, 0.2) is 42.5 Å². The number of piperazine rings is 1. The van der Waals surface area contributed by atoms with Gasteiger partial charge < -0.3 is 10.0 Å². The van der Waals surface area contributed by atoms with Gasteiger partial charge in [0.1, 0.15) is 17.4 Å². The van der Waals surface area contributed by atoms with Crippen molar-refractivity contribution in [2.24, 2.45) is 0 Å². The maximum atomic E-state index is 13.8. The molecule has 0 bridgehead atoms. The normalized spacial score (nSPS) is 15.7. The molecular formula is C18H16FIN4O. The third-order valence-electron chi connectivity index (χ3n) is 4.31. The number of phenolic OH excluding ortho intramolecular Hbond substituents is 1. The number of benzene rings is 2. The first-order chi connectivity index (χ1) is 12.1. The average molecular weight is 450 g/mol. The fourth-order valence-electron chi connectivity index (χ4n) is 3.00. The van der Waals surface area contributed by atoms with Gasteiger partial charge in [-0.15, -0.1) is 0 Å². The van der Waals surface area contributed by atoms with Gasteiger partial charge in [-0.25, -0.2) is 17.5 Å². The van der Waals surface area contributed by atoms with Gasteiger partial charge in [-0.3, -0.25) is 0 Å². The zero-order valence-electron chi connectivity index (χ0n) is 13.4. The summed E-state index contributed by atoms with van der Waals surface area (Å²) in [5, 5.41) is 10.9. The quantitative estimate of drug-likeness (QED) is 0.478. The maximum Gasteiger partial charge on any atom is 0.165 e. The molecule has 1 N–H and O–H groups in total. The van der Waals surface area contributed by atoms with Gasteiger partial charge in [0.05, 0.1) is 11.1 Å². The van der Waals surface area contributed by atoms with Gasteiger partial charge in [0, 0.05) is 54.4 Å². The lowest BCUT2D eigenvalue weighted by molar-refractivity contribution is 0.459. The first-order valence-corrected chi connectivity index (χ1v) is 8.99. The highest BCUT2D eigenvalue weighted by Gasteiger charge is 2.21. The summed E-state index contributed by atoms with van der Waals surface area (Å²) in [6.07, 6.45) is 0. The first kappa shape index (κ1) is 16.5. The number of halogens is 2. The standard InChI is InChI=1S/C18H16FIN4O/c19-12-5-6-15-14(11-12)18(23-7-9-24(20)10-8-23)22-17(21-15)13-3-1-2-4-16(13)25/h1-6,11,25H,7-10H2. The molecule has 0 unspecified atom stereocenters. The van der Waals surface area contributed by atoms with Gasteiger partial charge in [-0.2, -0.15) is 0 Å². The lowest BCUT2D eigenvalue weighted by Crippen LogP contribution is -2.42. The van der Waals surface area contributed by atoms with Crippen molar-refractivity contribution in [2.45, 2.75) is 0 Å². The molecular weight excluding hydrogens is 434 g/mol. The van der Waals surface area contributed by atoms with Crippen molar-refractivity contribution >= 4 is 39.6 Å². The summed E-state index contributed by atoms with van der Waals surface area (Å²) >= 11 is 2.31. The van der Waals surface area contributed by atoms with E-state index in [0.29, 0.717) is 28.1 Å². The number of aromatic nitrogens is 2. The van der Waals surface area contributed by atoms with E-state index in [0.717, 1.165) is 26.2 Å². The lowest BCUT2D eigenvalue weighted by Gasteiger charge is -2.32. The van der Waals surface area contributed by atoms with Crippen LogP contribution in [0.3, 0.4) is 0 Å². The largest absolute Gasteiger partial charge is 0.507 e. The van der Waals surface area contributed by atoms with Gasteiger partial charge in [0.2, 0.25) is 0 Å². The van der Waals surface area contributed by atoms with E-state index in [4.69, 9.17) is 0 Å². The minimum absolute atomic E-state index is 0.131. The molecule has 3 aromatic rings. The SMILES string of the molecule is Oc1ccccc1-c1nc(N2CCN(I)CC2)c2cc(F)ccc2n1. The summed E-state index contributed by atoms with van der Waals surface area (Å²) < 4.78 is 16.0. The fraction of sp³-hybridized carbons (Fsp3) is 0.222. The number of nitrogens with zero attached hydrogens (tertiary/aromatic N) is 4. The molecule has 0 amide bonds. The van der Waals surface area contributed by atoms with Gasteiger partial charge in [0.25, 0.3) is 0 Å². The number of phenols is 1.